The highest BCUT2D eigenvalue weighted by Crippen LogP contribution is 2.25. The van der Waals surface area contributed by atoms with E-state index in [1.165, 1.54) is 11.8 Å². The van der Waals surface area contributed by atoms with Gasteiger partial charge in [-0.25, -0.2) is 4.98 Å². The van der Waals surface area contributed by atoms with Crippen LogP contribution in [-0.2, 0) is 9.53 Å². The van der Waals surface area contributed by atoms with Crippen LogP contribution < -0.4 is 10.9 Å². The highest BCUT2D eigenvalue weighted by molar-refractivity contribution is 7.99. The van der Waals surface area contributed by atoms with Crippen molar-refractivity contribution in [3.8, 4) is 5.69 Å². The smallest absolute Gasteiger partial charge is 0.266 e. The van der Waals surface area contributed by atoms with Crippen molar-refractivity contribution in [2.75, 3.05) is 18.9 Å². The number of amides is 1. The van der Waals surface area contributed by atoms with Crippen LogP contribution in [0.5, 0.6) is 0 Å². The summed E-state index contributed by atoms with van der Waals surface area (Å²) < 4.78 is 7.20. The summed E-state index contributed by atoms with van der Waals surface area (Å²) >= 11 is 1.28. The number of para-hydroxylation sites is 2. The number of rotatable bonds is 6. The molecule has 1 saturated heterocycles. The van der Waals surface area contributed by atoms with E-state index < -0.39 is 0 Å². The number of aromatic nitrogens is 2. The number of fused-ring (bicyclic) bond motifs is 1. The molecule has 1 amide bonds. The van der Waals surface area contributed by atoms with Crippen LogP contribution in [0.3, 0.4) is 0 Å². The van der Waals surface area contributed by atoms with Crippen molar-refractivity contribution in [1.29, 1.82) is 0 Å². The molecule has 7 heteroatoms. The van der Waals surface area contributed by atoms with Crippen LogP contribution in [-0.4, -0.2) is 40.5 Å². The van der Waals surface area contributed by atoms with E-state index in [9.17, 15) is 9.59 Å². The maximum absolute atomic E-state index is 13.4. The Morgan fingerprint density at radius 3 is 2.70 bits per heavy atom. The Labute approximate surface area is 179 Å². The number of carbonyl (C=O) groups excluding carboxylic acids is 1. The van der Waals surface area contributed by atoms with Gasteiger partial charge in [-0.15, -0.1) is 0 Å². The van der Waals surface area contributed by atoms with Gasteiger partial charge in [-0.05, 0) is 49.9 Å². The molecular weight excluding hydrogens is 398 g/mol. The molecular formula is C23H25N3O3S. The lowest BCUT2D eigenvalue weighted by Crippen LogP contribution is -2.33. The van der Waals surface area contributed by atoms with Crippen molar-refractivity contribution >= 4 is 28.6 Å². The second kappa shape index (κ2) is 9.02. The van der Waals surface area contributed by atoms with Crippen molar-refractivity contribution in [3.63, 3.8) is 0 Å². The fraction of sp³-hybridized carbons (Fsp3) is 0.348. The van der Waals surface area contributed by atoms with Crippen LogP contribution in [0.2, 0.25) is 0 Å². The van der Waals surface area contributed by atoms with Gasteiger partial charge >= 0.3 is 0 Å². The molecule has 4 rings (SSSR count). The Kier molecular flexibility index (Phi) is 6.20. The number of hydrogen-bond donors (Lipinski definition) is 1. The first-order valence-electron chi connectivity index (χ1n) is 10.1. The van der Waals surface area contributed by atoms with E-state index in [-0.39, 0.29) is 23.3 Å². The highest BCUT2D eigenvalue weighted by Gasteiger charge is 2.19. The van der Waals surface area contributed by atoms with Crippen molar-refractivity contribution in [2.45, 2.75) is 37.9 Å². The molecule has 1 atom stereocenters. The van der Waals surface area contributed by atoms with E-state index in [0.29, 0.717) is 22.6 Å². The summed E-state index contributed by atoms with van der Waals surface area (Å²) in [5, 5.41) is 4.01. The first-order valence-corrected chi connectivity index (χ1v) is 11.1. The van der Waals surface area contributed by atoms with E-state index in [2.05, 4.69) is 5.32 Å². The molecule has 2 aromatic carbocycles. The van der Waals surface area contributed by atoms with Crippen LogP contribution in [0.25, 0.3) is 16.6 Å². The molecule has 1 aliphatic heterocycles. The number of nitrogens with one attached hydrogen (secondary N) is 1. The standard InChI is InChI=1S/C23H25N3O3S/c1-15-7-5-8-16(2)21(15)26-22(28)18-10-3-4-11-19(18)25-23(26)30-14-20(27)24-13-17-9-6-12-29-17/h3-5,7-8,10-11,17H,6,9,12-14H2,1-2H3,(H,24,27)/t17-/m0/s1. The number of hydrogen-bond acceptors (Lipinski definition) is 5. The highest BCUT2D eigenvalue weighted by atomic mass is 32.2. The van der Waals surface area contributed by atoms with Crippen LogP contribution >= 0.6 is 11.8 Å². The van der Waals surface area contributed by atoms with Crippen LogP contribution in [0.15, 0.2) is 52.4 Å². The molecule has 0 spiro atoms. The van der Waals surface area contributed by atoms with Crippen molar-refractivity contribution in [1.82, 2.24) is 14.9 Å². The van der Waals surface area contributed by atoms with E-state index in [4.69, 9.17) is 9.72 Å². The molecule has 0 unspecified atom stereocenters. The zero-order valence-electron chi connectivity index (χ0n) is 17.2. The Bertz CT molecular complexity index is 1120. The zero-order chi connectivity index (χ0) is 21.1. The molecule has 1 aromatic heterocycles. The van der Waals surface area contributed by atoms with Gasteiger partial charge in [0.2, 0.25) is 5.91 Å². The number of thioether (sulfide) groups is 1. The molecule has 1 fully saturated rings. The summed E-state index contributed by atoms with van der Waals surface area (Å²) in [4.78, 5) is 30.5. The Morgan fingerprint density at radius 2 is 1.97 bits per heavy atom. The maximum atomic E-state index is 13.4. The summed E-state index contributed by atoms with van der Waals surface area (Å²) in [5.41, 5.74) is 3.30. The molecule has 1 aliphatic rings. The molecule has 0 aliphatic carbocycles. The summed E-state index contributed by atoms with van der Waals surface area (Å²) in [6, 6.07) is 13.2. The fourth-order valence-electron chi connectivity index (χ4n) is 3.78. The average Bonchev–Trinajstić information content (AvgIpc) is 3.26. The average molecular weight is 424 g/mol. The Balaban J connectivity index is 1.66. The normalized spacial score (nSPS) is 16.1. The third-order valence-electron chi connectivity index (χ3n) is 5.29. The van der Waals surface area contributed by atoms with Gasteiger partial charge in [0.1, 0.15) is 0 Å². The molecule has 0 saturated carbocycles. The third-order valence-corrected chi connectivity index (χ3v) is 6.23. The van der Waals surface area contributed by atoms with Crippen LogP contribution in [0.4, 0.5) is 0 Å². The van der Waals surface area contributed by atoms with Gasteiger partial charge in [-0.2, -0.15) is 0 Å². The second-order valence-electron chi connectivity index (χ2n) is 7.52. The number of benzene rings is 2. The van der Waals surface area contributed by atoms with Gasteiger partial charge in [0.05, 0.1) is 28.4 Å². The van der Waals surface area contributed by atoms with E-state index >= 15 is 0 Å². The predicted molar refractivity (Wildman–Crippen MR) is 120 cm³/mol. The number of nitrogens with zero attached hydrogens (tertiary/aromatic N) is 2. The first-order chi connectivity index (χ1) is 14.5. The van der Waals surface area contributed by atoms with Gasteiger partial charge in [0, 0.05) is 13.2 Å². The lowest BCUT2D eigenvalue weighted by atomic mass is 10.1. The molecule has 6 nitrogen and oxygen atoms in total. The molecule has 0 bridgehead atoms. The molecule has 156 valence electrons. The number of aryl methyl sites for hydroxylation is 2. The Hall–Kier alpha value is -2.64. The lowest BCUT2D eigenvalue weighted by Gasteiger charge is -2.17. The second-order valence-corrected chi connectivity index (χ2v) is 8.46. The molecule has 30 heavy (non-hydrogen) atoms. The monoisotopic (exact) mass is 423 g/mol. The maximum Gasteiger partial charge on any atom is 0.266 e. The number of carbonyl (C=O) groups is 1. The van der Waals surface area contributed by atoms with Gasteiger partial charge < -0.3 is 10.1 Å². The summed E-state index contributed by atoms with van der Waals surface area (Å²) in [5.74, 6) is 0.0913. The van der Waals surface area contributed by atoms with Crippen LogP contribution in [0, 0.1) is 13.8 Å². The summed E-state index contributed by atoms with van der Waals surface area (Å²) in [7, 11) is 0. The minimum atomic E-state index is -0.125. The molecule has 2 heterocycles. The zero-order valence-corrected chi connectivity index (χ0v) is 18.0. The predicted octanol–water partition coefficient (Wildman–Crippen LogP) is 3.39. The van der Waals surface area contributed by atoms with Gasteiger partial charge in [-0.3, -0.25) is 14.2 Å². The lowest BCUT2D eigenvalue weighted by molar-refractivity contribution is -0.119. The summed E-state index contributed by atoms with van der Waals surface area (Å²) in [6.45, 7) is 5.24. The minimum absolute atomic E-state index is 0.0917. The molecule has 3 aromatic rings. The minimum Gasteiger partial charge on any atom is -0.376 e. The van der Waals surface area contributed by atoms with Gasteiger partial charge in [-0.1, -0.05) is 42.1 Å². The summed E-state index contributed by atoms with van der Waals surface area (Å²) in [6.07, 6.45) is 2.12. The largest absolute Gasteiger partial charge is 0.376 e. The first kappa shape index (κ1) is 20.6. The van der Waals surface area contributed by atoms with Gasteiger partial charge in [0.15, 0.2) is 5.16 Å². The third kappa shape index (κ3) is 4.27. The van der Waals surface area contributed by atoms with E-state index in [1.807, 2.05) is 50.2 Å². The van der Waals surface area contributed by atoms with Crippen LogP contribution in [0.1, 0.15) is 24.0 Å². The topological polar surface area (TPSA) is 73.2 Å². The number of ether oxygens (including phenoxy) is 1. The quantitative estimate of drug-likeness (QED) is 0.486. The SMILES string of the molecule is Cc1cccc(C)c1-n1c(SCC(=O)NC[C@@H]2CCCO2)nc2ccccc2c1=O. The van der Waals surface area contributed by atoms with E-state index in [1.54, 1.807) is 10.6 Å². The fourth-order valence-corrected chi connectivity index (χ4v) is 4.61. The van der Waals surface area contributed by atoms with Crippen molar-refractivity contribution in [2.24, 2.45) is 0 Å². The van der Waals surface area contributed by atoms with Gasteiger partial charge in [0.25, 0.3) is 5.56 Å². The molecule has 0 radical (unpaired) electrons. The van der Waals surface area contributed by atoms with E-state index in [0.717, 1.165) is 36.3 Å². The van der Waals surface area contributed by atoms with Crippen molar-refractivity contribution < 1.29 is 9.53 Å². The molecule has 1 N–H and O–H groups in total. The Morgan fingerprint density at radius 1 is 1.20 bits per heavy atom. The van der Waals surface area contributed by atoms with Crippen molar-refractivity contribution in [3.05, 3.63) is 63.9 Å².